The summed E-state index contributed by atoms with van der Waals surface area (Å²) in [6, 6.07) is 11.8. The Hall–Kier alpha value is -2.25. The van der Waals surface area contributed by atoms with Crippen LogP contribution < -0.4 is 15.5 Å². The van der Waals surface area contributed by atoms with E-state index in [-0.39, 0.29) is 10.9 Å². The van der Waals surface area contributed by atoms with Crippen LogP contribution in [0.2, 0.25) is 5.02 Å². The van der Waals surface area contributed by atoms with Crippen molar-refractivity contribution in [2.45, 2.75) is 20.5 Å². The lowest BCUT2D eigenvalue weighted by molar-refractivity contribution is -0.0499. The third-order valence-corrected chi connectivity index (χ3v) is 3.94. The highest BCUT2D eigenvalue weighted by Gasteiger charge is 2.11. The second-order valence-electron chi connectivity index (χ2n) is 5.05. The molecular formula is C17H16ClF2N3OS. The van der Waals surface area contributed by atoms with E-state index < -0.39 is 6.61 Å². The average molecular weight is 384 g/mol. The number of hydrazone groups is 1. The number of nitrogens with one attached hydrogen (secondary N) is 2. The Morgan fingerprint density at radius 3 is 2.64 bits per heavy atom. The fourth-order valence-electron chi connectivity index (χ4n) is 2.05. The number of alkyl halides is 2. The van der Waals surface area contributed by atoms with Gasteiger partial charge in [-0.1, -0.05) is 29.8 Å². The topological polar surface area (TPSA) is 45.7 Å². The molecule has 0 amide bonds. The van der Waals surface area contributed by atoms with Crippen LogP contribution in [0.5, 0.6) is 5.75 Å². The molecule has 0 saturated heterocycles. The minimum atomic E-state index is -2.91. The first kappa shape index (κ1) is 19.1. The highest BCUT2D eigenvalue weighted by Crippen LogP contribution is 2.23. The molecule has 0 fully saturated rings. The van der Waals surface area contributed by atoms with Crippen LogP contribution in [-0.2, 0) is 0 Å². The van der Waals surface area contributed by atoms with E-state index in [9.17, 15) is 8.78 Å². The molecule has 2 aromatic rings. The molecule has 8 heteroatoms. The summed E-state index contributed by atoms with van der Waals surface area (Å²) < 4.78 is 29.4. The summed E-state index contributed by atoms with van der Waals surface area (Å²) in [7, 11) is 0. The lowest BCUT2D eigenvalue weighted by Crippen LogP contribution is -2.25. The molecule has 0 bridgehead atoms. The van der Waals surface area contributed by atoms with Crippen molar-refractivity contribution in [1.82, 2.24) is 5.43 Å². The lowest BCUT2D eigenvalue weighted by Gasteiger charge is -2.12. The molecule has 0 aromatic heterocycles. The molecule has 0 aliphatic carbocycles. The molecule has 4 nitrogen and oxygen atoms in total. The van der Waals surface area contributed by atoms with Crippen LogP contribution in [0.1, 0.15) is 18.1 Å². The third-order valence-electron chi connectivity index (χ3n) is 3.33. The summed E-state index contributed by atoms with van der Waals surface area (Å²) in [5.74, 6) is 0.0464. The number of halogens is 3. The van der Waals surface area contributed by atoms with E-state index in [0.29, 0.717) is 16.3 Å². The number of hydrogen-bond acceptors (Lipinski definition) is 3. The number of nitrogens with zero attached hydrogens (tertiary/aromatic N) is 1. The molecule has 0 spiro atoms. The molecule has 2 N–H and O–H groups in total. The quantitative estimate of drug-likeness (QED) is 0.435. The van der Waals surface area contributed by atoms with Gasteiger partial charge in [-0.15, -0.1) is 0 Å². The minimum absolute atomic E-state index is 0.0464. The Morgan fingerprint density at radius 1 is 1.20 bits per heavy atom. The third kappa shape index (κ3) is 5.37. The number of ether oxygens (including phenoxy) is 1. The van der Waals surface area contributed by atoms with Gasteiger partial charge in [-0.2, -0.15) is 13.9 Å². The average Bonchev–Trinajstić information content (AvgIpc) is 2.57. The number of anilines is 1. The molecule has 0 radical (unpaired) electrons. The van der Waals surface area contributed by atoms with Gasteiger partial charge in [0.05, 0.1) is 5.71 Å². The van der Waals surface area contributed by atoms with Crippen molar-refractivity contribution in [2.75, 3.05) is 5.32 Å². The van der Waals surface area contributed by atoms with Gasteiger partial charge in [0.15, 0.2) is 5.11 Å². The highest BCUT2D eigenvalue weighted by atomic mass is 35.5. The predicted octanol–water partition coefficient (Wildman–Crippen LogP) is 4.96. The van der Waals surface area contributed by atoms with Crippen LogP contribution >= 0.6 is 23.8 Å². The number of thiocarbonyl (C=S) groups is 1. The van der Waals surface area contributed by atoms with Gasteiger partial charge in [-0.05, 0) is 55.9 Å². The smallest absolute Gasteiger partial charge is 0.387 e. The second kappa shape index (κ2) is 8.73. The van der Waals surface area contributed by atoms with Crippen LogP contribution in [0.25, 0.3) is 0 Å². The van der Waals surface area contributed by atoms with Gasteiger partial charge < -0.3 is 10.1 Å². The lowest BCUT2D eigenvalue weighted by atomic mass is 10.1. The van der Waals surface area contributed by atoms with Crippen molar-refractivity contribution in [3.05, 3.63) is 58.6 Å². The summed E-state index contributed by atoms with van der Waals surface area (Å²) in [6.07, 6.45) is 0. The standard InChI is InChI=1S/C17H16ClF2N3OS/c1-10-13(18)7-5-8-14(10)21-17(25)23-22-11(2)12-6-3-4-9-15(12)24-16(19)20/h3-9,16H,1-2H3,(H2,21,23,25)/b22-11+. The van der Waals surface area contributed by atoms with Crippen LogP contribution in [0, 0.1) is 6.92 Å². The molecule has 132 valence electrons. The Kier molecular flexibility index (Phi) is 6.66. The first-order valence-electron chi connectivity index (χ1n) is 7.29. The number of benzene rings is 2. The SMILES string of the molecule is C/C(=N\NC(=S)Nc1cccc(Cl)c1C)c1ccccc1OC(F)F. The predicted molar refractivity (Wildman–Crippen MR) is 101 cm³/mol. The van der Waals surface area contributed by atoms with Crippen molar-refractivity contribution < 1.29 is 13.5 Å². The van der Waals surface area contributed by atoms with E-state index in [1.165, 1.54) is 6.07 Å². The Balaban J connectivity index is 2.08. The van der Waals surface area contributed by atoms with Gasteiger partial charge in [0.2, 0.25) is 0 Å². The van der Waals surface area contributed by atoms with Crippen LogP contribution in [0.3, 0.4) is 0 Å². The molecule has 0 aliphatic rings. The maximum absolute atomic E-state index is 12.5. The van der Waals surface area contributed by atoms with E-state index in [0.717, 1.165) is 11.3 Å². The minimum Gasteiger partial charge on any atom is -0.434 e. The van der Waals surface area contributed by atoms with Gasteiger partial charge in [-0.3, -0.25) is 5.43 Å². The molecule has 2 aromatic carbocycles. The fourth-order valence-corrected chi connectivity index (χ4v) is 2.38. The Labute approximate surface area is 154 Å². The van der Waals surface area contributed by atoms with Crippen molar-refractivity contribution >= 4 is 40.3 Å². The summed E-state index contributed by atoms with van der Waals surface area (Å²) in [6.45, 7) is 0.614. The molecular weight excluding hydrogens is 368 g/mol. The zero-order valence-electron chi connectivity index (χ0n) is 13.5. The van der Waals surface area contributed by atoms with Gasteiger partial charge in [0, 0.05) is 16.3 Å². The van der Waals surface area contributed by atoms with Crippen LogP contribution in [0.4, 0.5) is 14.5 Å². The highest BCUT2D eigenvalue weighted by molar-refractivity contribution is 7.80. The van der Waals surface area contributed by atoms with Gasteiger partial charge in [-0.25, -0.2) is 0 Å². The molecule has 0 atom stereocenters. The summed E-state index contributed by atoms with van der Waals surface area (Å²) in [5, 5.41) is 7.96. The molecule has 0 unspecified atom stereocenters. The monoisotopic (exact) mass is 383 g/mol. The maximum Gasteiger partial charge on any atom is 0.387 e. The molecule has 0 aliphatic heterocycles. The van der Waals surface area contributed by atoms with Crippen molar-refractivity contribution in [1.29, 1.82) is 0 Å². The molecule has 2 rings (SSSR count). The first-order chi connectivity index (χ1) is 11.9. The molecule has 0 saturated carbocycles. The van der Waals surface area contributed by atoms with Crippen molar-refractivity contribution in [2.24, 2.45) is 5.10 Å². The zero-order chi connectivity index (χ0) is 18.4. The Morgan fingerprint density at radius 2 is 1.92 bits per heavy atom. The summed E-state index contributed by atoms with van der Waals surface area (Å²) in [5.41, 5.74) is 5.17. The van der Waals surface area contributed by atoms with Crippen molar-refractivity contribution in [3.63, 3.8) is 0 Å². The van der Waals surface area contributed by atoms with Crippen LogP contribution in [-0.4, -0.2) is 17.4 Å². The number of hydrogen-bond donors (Lipinski definition) is 2. The normalized spacial score (nSPS) is 11.4. The van der Waals surface area contributed by atoms with Gasteiger partial charge in [0.1, 0.15) is 5.75 Å². The molecule has 25 heavy (non-hydrogen) atoms. The zero-order valence-corrected chi connectivity index (χ0v) is 15.1. The van der Waals surface area contributed by atoms with E-state index in [4.69, 9.17) is 23.8 Å². The van der Waals surface area contributed by atoms with E-state index in [2.05, 4.69) is 20.6 Å². The summed E-state index contributed by atoms with van der Waals surface area (Å²) in [4.78, 5) is 0. The maximum atomic E-state index is 12.5. The fraction of sp³-hybridized carbons (Fsp3) is 0.176. The first-order valence-corrected chi connectivity index (χ1v) is 8.07. The van der Waals surface area contributed by atoms with Crippen LogP contribution in [0.15, 0.2) is 47.6 Å². The van der Waals surface area contributed by atoms with E-state index >= 15 is 0 Å². The number of rotatable bonds is 5. The van der Waals surface area contributed by atoms with Crippen molar-refractivity contribution in [3.8, 4) is 5.75 Å². The number of para-hydroxylation sites is 1. The largest absolute Gasteiger partial charge is 0.434 e. The van der Waals surface area contributed by atoms with Gasteiger partial charge in [0.25, 0.3) is 0 Å². The second-order valence-corrected chi connectivity index (χ2v) is 5.87. The summed E-state index contributed by atoms with van der Waals surface area (Å²) >= 11 is 11.2. The van der Waals surface area contributed by atoms with E-state index in [1.807, 2.05) is 13.0 Å². The molecule has 0 heterocycles. The van der Waals surface area contributed by atoms with Gasteiger partial charge >= 0.3 is 6.61 Å². The van der Waals surface area contributed by atoms with E-state index in [1.54, 1.807) is 37.3 Å². The Bertz CT molecular complexity index is 799.